The van der Waals surface area contributed by atoms with Gasteiger partial charge >= 0.3 is 0 Å². The fourth-order valence-electron chi connectivity index (χ4n) is 2.19. The van der Waals surface area contributed by atoms with Gasteiger partial charge in [-0.15, -0.1) is 0 Å². The second kappa shape index (κ2) is 6.22. The van der Waals surface area contributed by atoms with Crippen molar-refractivity contribution in [2.75, 3.05) is 0 Å². The molecule has 0 bridgehead atoms. The molecule has 116 valence electrons. The van der Waals surface area contributed by atoms with Gasteiger partial charge in [-0.25, -0.2) is 0 Å². The molecule has 0 spiro atoms. The second-order valence-electron chi connectivity index (χ2n) is 5.88. The van der Waals surface area contributed by atoms with Crippen molar-refractivity contribution < 1.29 is 14.1 Å². The van der Waals surface area contributed by atoms with E-state index in [1.165, 1.54) is 0 Å². The molecule has 3 rings (SSSR count). The van der Waals surface area contributed by atoms with E-state index in [0.29, 0.717) is 18.2 Å². The van der Waals surface area contributed by atoms with Crippen LogP contribution in [0, 0.1) is 0 Å². The Labute approximate surface area is 129 Å². The van der Waals surface area contributed by atoms with Gasteiger partial charge in [0.1, 0.15) is 11.5 Å². The van der Waals surface area contributed by atoms with Crippen molar-refractivity contribution in [1.29, 1.82) is 0 Å². The maximum absolute atomic E-state index is 12.0. The highest BCUT2D eigenvalue weighted by molar-refractivity contribution is 5.92. The van der Waals surface area contributed by atoms with Crippen LogP contribution in [0.25, 0.3) is 0 Å². The summed E-state index contributed by atoms with van der Waals surface area (Å²) in [6.07, 6.45) is 2.40. The molecule has 0 atom stereocenters. The Bertz CT molecular complexity index is 642. The number of rotatable bonds is 6. The summed E-state index contributed by atoms with van der Waals surface area (Å²) in [5, 5.41) is 6.68. The summed E-state index contributed by atoms with van der Waals surface area (Å²) in [6, 6.07) is 9.44. The lowest BCUT2D eigenvalue weighted by atomic mass is 10.2. The van der Waals surface area contributed by atoms with Crippen LogP contribution in [0.5, 0.6) is 5.75 Å². The first-order valence-electron chi connectivity index (χ1n) is 7.62. The number of carbonyl (C=O) groups excluding carboxylic acids is 1. The number of ether oxygens (including phenoxy) is 1. The molecule has 1 aliphatic rings. The Hall–Kier alpha value is -2.30. The van der Waals surface area contributed by atoms with E-state index in [4.69, 9.17) is 9.26 Å². The first-order valence-corrected chi connectivity index (χ1v) is 7.62. The highest BCUT2D eigenvalue weighted by atomic mass is 16.5. The molecule has 5 heteroatoms. The SMILES string of the molecule is CC(C)Oc1ccc(CNC(=O)c2cc(C3CC3)on2)cc1. The minimum atomic E-state index is -0.210. The van der Waals surface area contributed by atoms with E-state index in [1.54, 1.807) is 6.07 Å². The van der Waals surface area contributed by atoms with E-state index in [1.807, 2.05) is 38.1 Å². The molecule has 1 aromatic heterocycles. The Morgan fingerprint density at radius 1 is 1.36 bits per heavy atom. The predicted octanol–water partition coefficient (Wildman–Crippen LogP) is 3.27. The van der Waals surface area contributed by atoms with Crippen LogP contribution in [0.15, 0.2) is 34.9 Å². The van der Waals surface area contributed by atoms with Gasteiger partial charge in [-0.05, 0) is 44.4 Å². The summed E-state index contributed by atoms with van der Waals surface area (Å²) < 4.78 is 10.8. The number of nitrogens with zero attached hydrogens (tertiary/aromatic N) is 1. The highest BCUT2D eigenvalue weighted by Crippen LogP contribution is 2.40. The minimum absolute atomic E-state index is 0.151. The normalized spacial score (nSPS) is 14.1. The van der Waals surface area contributed by atoms with Gasteiger partial charge in [0, 0.05) is 18.5 Å². The van der Waals surface area contributed by atoms with E-state index >= 15 is 0 Å². The van der Waals surface area contributed by atoms with Gasteiger partial charge in [-0.1, -0.05) is 17.3 Å². The van der Waals surface area contributed by atoms with Crippen molar-refractivity contribution in [2.45, 2.75) is 45.3 Å². The van der Waals surface area contributed by atoms with Gasteiger partial charge in [0.25, 0.3) is 5.91 Å². The summed E-state index contributed by atoms with van der Waals surface area (Å²) in [4.78, 5) is 12.0. The maximum atomic E-state index is 12.0. The lowest BCUT2D eigenvalue weighted by Gasteiger charge is -2.10. The Morgan fingerprint density at radius 3 is 2.73 bits per heavy atom. The van der Waals surface area contributed by atoms with E-state index < -0.39 is 0 Å². The van der Waals surface area contributed by atoms with Crippen LogP contribution in [0.1, 0.15) is 54.4 Å². The molecular weight excluding hydrogens is 280 g/mol. The largest absolute Gasteiger partial charge is 0.491 e. The molecule has 1 aromatic carbocycles. The summed E-state index contributed by atoms with van der Waals surface area (Å²) in [7, 11) is 0. The van der Waals surface area contributed by atoms with Gasteiger partial charge in [0.05, 0.1) is 6.10 Å². The van der Waals surface area contributed by atoms with Crippen molar-refractivity contribution in [3.8, 4) is 5.75 Å². The van der Waals surface area contributed by atoms with Gasteiger partial charge < -0.3 is 14.6 Å². The summed E-state index contributed by atoms with van der Waals surface area (Å²) in [5.74, 6) is 1.90. The average Bonchev–Trinajstić information content (AvgIpc) is 3.23. The third kappa shape index (κ3) is 3.67. The zero-order chi connectivity index (χ0) is 15.5. The fraction of sp³-hybridized carbons (Fsp3) is 0.412. The maximum Gasteiger partial charge on any atom is 0.273 e. The molecule has 22 heavy (non-hydrogen) atoms. The number of hydrogen-bond donors (Lipinski definition) is 1. The number of amides is 1. The number of benzene rings is 1. The molecule has 0 saturated heterocycles. The topological polar surface area (TPSA) is 64.4 Å². The smallest absolute Gasteiger partial charge is 0.273 e. The zero-order valence-corrected chi connectivity index (χ0v) is 12.8. The zero-order valence-electron chi connectivity index (χ0n) is 12.8. The monoisotopic (exact) mass is 300 g/mol. The van der Waals surface area contributed by atoms with Crippen LogP contribution in [0.3, 0.4) is 0 Å². The van der Waals surface area contributed by atoms with Crippen LogP contribution in [-0.4, -0.2) is 17.2 Å². The van der Waals surface area contributed by atoms with E-state index in [0.717, 1.165) is 29.9 Å². The van der Waals surface area contributed by atoms with Gasteiger partial charge in [-0.2, -0.15) is 0 Å². The molecule has 0 radical (unpaired) electrons. The molecule has 1 heterocycles. The van der Waals surface area contributed by atoms with Crippen LogP contribution < -0.4 is 10.1 Å². The predicted molar refractivity (Wildman–Crippen MR) is 81.9 cm³/mol. The second-order valence-corrected chi connectivity index (χ2v) is 5.88. The average molecular weight is 300 g/mol. The molecule has 0 aliphatic heterocycles. The van der Waals surface area contributed by atoms with Crippen LogP contribution >= 0.6 is 0 Å². The van der Waals surface area contributed by atoms with Gasteiger partial charge in [0.15, 0.2) is 5.69 Å². The lowest BCUT2D eigenvalue weighted by molar-refractivity contribution is 0.0941. The van der Waals surface area contributed by atoms with Crippen molar-refractivity contribution in [1.82, 2.24) is 10.5 Å². The summed E-state index contributed by atoms with van der Waals surface area (Å²) in [5.41, 5.74) is 1.36. The quantitative estimate of drug-likeness (QED) is 0.889. The van der Waals surface area contributed by atoms with E-state index in [-0.39, 0.29) is 12.0 Å². The van der Waals surface area contributed by atoms with Crippen molar-refractivity contribution in [3.05, 3.63) is 47.3 Å². The molecule has 1 N–H and O–H groups in total. The van der Waals surface area contributed by atoms with Crippen molar-refractivity contribution in [2.24, 2.45) is 0 Å². The molecule has 1 saturated carbocycles. The van der Waals surface area contributed by atoms with Crippen LogP contribution in [-0.2, 0) is 6.54 Å². The molecule has 2 aromatic rings. The van der Waals surface area contributed by atoms with E-state index in [2.05, 4.69) is 10.5 Å². The van der Waals surface area contributed by atoms with E-state index in [9.17, 15) is 4.79 Å². The third-order valence-corrected chi connectivity index (χ3v) is 3.49. The van der Waals surface area contributed by atoms with Crippen molar-refractivity contribution in [3.63, 3.8) is 0 Å². The number of aromatic nitrogens is 1. The van der Waals surface area contributed by atoms with Gasteiger partial charge in [-0.3, -0.25) is 4.79 Å². The van der Waals surface area contributed by atoms with Crippen LogP contribution in [0.2, 0.25) is 0 Å². The van der Waals surface area contributed by atoms with Crippen LogP contribution in [0.4, 0.5) is 0 Å². The minimum Gasteiger partial charge on any atom is -0.491 e. The number of carbonyl (C=O) groups is 1. The Balaban J connectivity index is 1.53. The molecule has 5 nitrogen and oxygen atoms in total. The molecule has 1 aliphatic carbocycles. The van der Waals surface area contributed by atoms with Gasteiger partial charge in [0.2, 0.25) is 0 Å². The Kier molecular flexibility index (Phi) is 4.13. The molecule has 1 amide bonds. The number of hydrogen-bond acceptors (Lipinski definition) is 4. The van der Waals surface area contributed by atoms with Crippen molar-refractivity contribution >= 4 is 5.91 Å². The highest BCUT2D eigenvalue weighted by Gasteiger charge is 2.28. The molecular formula is C17H20N2O3. The standard InChI is InChI=1S/C17H20N2O3/c1-11(2)21-14-7-3-12(4-8-14)10-18-17(20)15-9-16(22-19-15)13-5-6-13/h3-4,7-9,11,13H,5-6,10H2,1-2H3,(H,18,20). The summed E-state index contributed by atoms with van der Waals surface area (Å²) >= 11 is 0. The lowest BCUT2D eigenvalue weighted by Crippen LogP contribution is -2.23. The first-order chi connectivity index (χ1) is 10.6. The third-order valence-electron chi connectivity index (χ3n) is 3.49. The molecule has 0 unspecified atom stereocenters. The Morgan fingerprint density at radius 2 is 2.09 bits per heavy atom. The first kappa shape index (κ1) is 14.6. The number of nitrogens with one attached hydrogen (secondary N) is 1. The fourth-order valence-corrected chi connectivity index (χ4v) is 2.19. The molecule has 1 fully saturated rings. The summed E-state index contributed by atoms with van der Waals surface area (Å²) in [6.45, 7) is 4.43.